The van der Waals surface area contributed by atoms with Crippen molar-refractivity contribution in [3.63, 3.8) is 0 Å². The van der Waals surface area contributed by atoms with Gasteiger partial charge in [0.2, 0.25) is 0 Å². The predicted molar refractivity (Wildman–Crippen MR) is 114 cm³/mol. The fourth-order valence-corrected chi connectivity index (χ4v) is 4.25. The van der Waals surface area contributed by atoms with Crippen LogP contribution in [0.4, 0.5) is 19.0 Å². The van der Waals surface area contributed by atoms with Crippen LogP contribution in [0.3, 0.4) is 0 Å². The van der Waals surface area contributed by atoms with Gasteiger partial charge < -0.3 is 15.6 Å². The van der Waals surface area contributed by atoms with Crippen LogP contribution in [0.1, 0.15) is 32.4 Å². The van der Waals surface area contributed by atoms with E-state index in [-0.39, 0.29) is 22.9 Å². The van der Waals surface area contributed by atoms with Crippen LogP contribution in [0.2, 0.25) is 0 Å². The second-order valence-electron chi connectivity index (χ2n) is 8.67. The lowest BCUT2D eigenvalue weighted by Crippen LogP contribution is -2.50. The molecule has 4 aromatic rings. The molecule has 0 bridgehead atoms. The molecule has 0 amide bonds. The van der Waals surface area contributed by atoms with Gasteiger partial charge in [-0.1, -0.05) is 18.2 Å². The highest BCUT2D eigenvalue weighted by Crippen LogP contribution is 2.40. The Balaban J connectivity index is 1.67. The summed E-state index contributed by atoms with van der Waals surface area (Å²) in [6, 6.07) is 7.31. The van der Waals surface area contributed by atoms with Crippen molar-refractivity contribution in [2.75, 3.05) is 11.9 Å². The average molecular weight is 428 g/mol. The van der Waals surface area contributed by atoms with Gasteiger partial charge in [0.1, 0.15) is 5.69 Å². The number of aromatic nitrogens is 4. The molecule has 0 radical (unpaired) electrons. The number of hydrogen-bond acceptors (Lipinski definition) is 4. The van der Waals surface area contributed by atoms with Crippen molar-refractivity contribution < 1.29 is 13.2 Å². The number of nitrogens with one attached hydrogen (secondary N) is 3. The van der Waals surface area contributed by atoms with E-state index in [1.165, 1.54) is 12.4 Å². The molecule has 3 N–H and O–H groups in total. The predicted octanol–water partition coefficient (Wildman–Crippen LogP) is 4.84. The molecular formula is C22H23F3N6. The first-order valence-electron chi connectivity index (χ1n) is 10.3. The van der Waals surface area contributed by atoms with Gasteiger partial charge in [0.25, 0.3) is 0 Å². The monoisotopic (exact) mass is 428 g/mol. The number of alkyl halides is 3. The number of nitrogens with zero attached hydrogens (tertiary/aromatic N) is 3. The van der Waals surface area contributed by atoms with Crippen LogP contribution in [-0.4, -0.2) is 37.5 Å². The summed E-state index contributed by atoms with van der Waals surface area (Å²) in [5.41, 5.74) is 0.417. The van der Waals surface area contributed by atoms with Crippen molar-refractivity contribution in [1.29, 1.82) is 0 Å². The first kappa shape index (κ1) is 19.9. The lowest BCUT2D eigenvalue weighted by Gasteiger charge is -2.36. The van der Waals surface area contributed by atoms with Gasteiger partial charge in [-0.2, -0.15) is 13.2 Å². The zero-order valence-electron chi connectivity index (χ0n) is 17.2. The van der Waals surface area contributed by atoms with Gasteiger partial charge in [0, 0.05) is 53.2 Å². The Labute approximate surface area is 176 Å². The van der Waals surface area contributed by atoms with E-state index in [1.54, 1.807) is 18.3 Å². The molecule has 1 atom stereocenters. The summed E-state index contributed by atoms with van der Waals surface area (Å²) < 4.78 is 43.7. The smallest absolute Gasteiger partial charge is 0.363 e. The number of para-hydroxylation sites is 1. The molecule has 0 saturated carbocycles. The summed E-state index contributed by atoms with van der Waals surface area (Å²) in [5, 5.41) is 7.50. The highest BCUT2D eigenvalue weighted by Gasteiger charge is 2.39. The lowest BCUT2D eigenvalue weighted by atomic mass is 9.91. The Morgan fingerprint density at radius 1 is 1.23 bits per heavy atom. The van der Waals surface area contributed by atoms with Crippen molar-refractivity contribution >= 4 is 22.4 Å². The third-order valence-corrected chi connectivity index (χ3v) is 5.94. The summed E-state index contributed by atoms with van der Waals surface area (Å²) in [6.07, 6.45) is 1.53. The van der Waals surface area contributed by atoms with Gasteiger partial charge in [0.15, 0.2) is 17.2 Å². The second-order valence-corrected chi connectivity index (χ2v) is 8.67. The number of H-pyrrole nitrogens is 1. The van der Waals surface area contributed by atoms with Crippen LogP contribution in [-0.2, 0) is 6.18 Å². The molecule has 0 spiro atoms. The van der Waals surface area contributed by atoms with E-state index in [0.717, 1.165) is 22.8 Å². The van der Waals surface area contributed by atoms with Crippen molar-refractivity contribution in [3.05, 3.63) is 48.5 Å². The number of anilines is 1. The first-order valence-corrected chi connectivity index (χ1v) is 10.3. The van der Waals surface area contributed by atoms with Gasteiger partial charge in [-0.05, 0) is 32.8 Å². The van der Waals surface area contributed by atoms with E-state index in [4.69, 9.17) is 0 Å². The Morgan fingerprint density at radius 3 is 2.77 bits per heavy atom. The van der Waals surface area contributed by atoms with Crippen LogP contribution < -0.4 is 10.6 Å². The first-order chi connectivity index (χ1) is 14.7. The molecular weight excluding hydrogens is 405 g/mol. The fraction of sp³-hybridized carbons (Fsp3) is 0.364. The largest absolute Gasteiger partial charge is 0.433 e. The number of benzene rings is 1. The number of imidazole rings is 1. The van der Waals surface area contributed by atoms with E-state index in [2.05, 4.69) is 39.4 Å². The van der Waals surface area contributed by atoms with Crippen LogP contribution in [0, 0.1) is 0 Å². The Morgan fingerprint density at radius 2 is 2.03 bits per heavy atom. The fourth-order valence-electron chi connectivity index (χ4n) is 4.25. The summed E-state index contributed by atoms with van der Waals surface area (Å²) in [5.74, 6) is 0.352. The van der Waals surface area contributed by atoms with E-state index in [1.807, 2.05) is 12.1 Å². The Kier molecular flexibility index (Phi) is 4.47. The zero-order chi connectivity index (χ0) is 21.8. The average Bonchev–Trinajstić information content (AvgIpc) is 3.35. The lowest BCUT2D eigenvalue weighted by molar-refractivity contribution is -0.141. The van der Waals surface area contributed by atoms with Crippen molar-refractivity contribution in [1.82, 2.24) is 24.7 Å². The highest BCUT2D eigenvalue weighted by molar-refractivity contribution is 5.95. The number of halogens is 3. The molecule has 31 heavy (non-hydrogen) atoms. The summed E-state index contributed by atoms with van der Waals surface area (Å²) in [4.78, 5) is 11.7. The molecule has 162 valence electrons. The topological polar surface area (TPSA) is 70.0 Å². The number of fused-ring (bicyclic) bond motifs is 2. The number of piperidine rings is 1. The minimum atomic E-state index is -4.60. The Hall–Kier alpha value is -3.07. The molecule has 1 unspecified atom stereocenters. The van der Waals surface area contributed by atoms with Gasteiger partial charge >= 0.3 is 6.18 Å². The van der Waals surface area contributed by atoms with E-state index >= 15 is 0 Å². The SMILES string of the molecule is CC1(C)CCC(Nc2nc(-c3c[nH]c4ccccc34)c(C(F)(F)F)n3ccnc23)CN1. The maximum absolute atomic E-state index is 14.2. The maximum atomic E-state index is 14.2. The number of rotatable bonds is 3. The third-order valence-electron chi connectivity index (χ3n) is 5.94. The van der Waals surface area contributed by atoms with Crippen molar-refractivity contribution in [3.8, 4) is 11.3 Å². The summed E-state index contributed by atoms with van der Waals surface area (Å²) >= 11 is 0. The minimum absolute atomic E-state index is 0.0452. The van der Waals surface area contributed by atoms with Crippen LogP contribution in [0.25, 0.3) is 27.8 Å². The van der Waals surface area contributed by atoms with Crippen molar-refractivity contribution in [2.45, 2.75) is 44.4 Å². The van der Waals surface area contributed by atoms with E-state index in [0.29, 0.717) is 23.3 Å². The number of hydrogen-bond donors (Lipinski definition) is 3. The molecule has 6 nitrogen and oxygen atoms in total. The molecule has 1 saturated heterocycles. The highest BCUT2D eigenvalue weighted by atomic mass is 19.4. The van der Waals surface area contributed by atoms with Gasteiger partial charge in [0.05, 0.1) is 0 Å². The van der Waals surface area contributed by atoms with Gasteiger partial charge in [-0.25, -0.2) is 9.97 Å². The molecule has 1 aliphatic rings. The molecule has 0 aliphatic carbocycles. The third kappa shape index (κ3) is 3.52. The van der Waals surface area contributed by atoms with Gasteiger partial charge in [-0.15, -0.1) is 0 Å². The zero-order valence-corrected chi connectivity index (χ0v) is 17.2. The summed E-state index contributed by atoms with van der Waals surface area (Å²) in [6.45, 7) is 4.98. The van der Waals surface area contributed by atoms with E-state index in [9.17, 15) is 13.2 Å². The normalized spacial score (nSPS) is 19.2. The molecule has 1 fully saturated rings. The summed E-state index contributed by atoms with van der Waals surface area (Å²) in [7, 11) is 0. The Bertz CT molecular complexity index is 1240. The van der Waals surface area contributed by atoms with Gasteiger partial charge in [-0.3, -0.25) is 4.40 Å². The standard InChI is InChI=1S/C22H23F3N6/c1-21(2)8-7-13(11-28-21)29-19-20-26-9-10-31(20)18(22(23,24)25)17(30-19)15-12-27-16-6-4-3-5-14(15)16/h3-6,9-10,12-13,27-28H,7-8,11H2,1-2H3,(H,29,30). The molecule has 3 aromatic heterocycles. The van der Waals surface area contributed by atoms with Crippen LogP contribution >= 0.6 is 0 Å². The quantitative estimate of drug-likeness (QED) is 0.437. The van der Waals surface area contributed by atoms with E-state index < -0.39 is 11.9 Å². The molecule has 1 aliphatic heterocycles. The minimum Gasteiger partial charge on any atom is -0.363 e. The molecule has 4 heterocycles. The van der Waals surface area contributed by atoms with Crippen LogP contribution in [0.5, 0.6) is 0 Å². The molecule has 1 aromatic carbocycles. The second kappa shape index (κ2) is 6.98. The maximum Gasteiger partial charge on any atom is 0.433 e. The molecule has 5 rings (SSSR count). The number of aromatic amines is 1. The van der Waals surface area contributed by atoms with Crippen LogP contribution in [0.15, 0.2) is 42.9 Å². The van der Waals surface area contributed by atoms with Crippen molar-refractivity contribution in [2.24, 2.45) is 0 Å². The molecule has 9 heteroatoms.